The molecule has 1 aliphatic heterocycles. The molecule has 4 rings (SSSR count). The number of amides is 2. The first kappa shape index (κ1) is 25.8. The molecule has 7 heteroatoms. The third-order valence-electron chi connectivity index (χ3n) is 6.49. The lowest BCUT2D eigenvalue weighted by Crippen LogP contribution is -2.48. The largest absolute Gasteiger partial charge is 0.493 e. The van der Waals surface area contributed by atoms with E-state index < -0.39 is 0 Å². The summed E-state index contributed by atoms with van der Waals surface area (Å²) < 4.78 is 11.6. The Morgan fingerprint density at radius 1 is 1.06 bits per heavy atom. The predicted octanol–water partition coefficient (Wildman–Crippen LogP) is 5.45. The first-order valence-corrected chi connectivity index (χ1v) is 13.3. The minimum atomic E-state index is -0.226. The Kier molecular flexibility index (Phi) is 8.65. The quantitative estimate of drug-likeness (QED) is 0.367. The van der Waals surface area contributed by atoms with Crippen molar-refractivity contribution in [1.29, 1.82) is 0 Å². The van der Waals surface area contributed by atoms with Crippen molar-refractivity contribution in [2.45, 2.75) is 32.7 Å². The van der Waals surface area contributed by atoms with Gasteiger partial charge >= 0.3 is 0 Å². The summed E-state index contributed by atoms with van der Waals surface area (Å²) in [6.07, 6.45) is 1.64. The normalized spacial score (nSPS) is 14.9. The third-order valence-corrected chi connectivity index (χ3v) is 7.49. The number of methoxy groups -OCH3 is 1. The molecule has 190 valence electrons. The maximum Gasteiger partial charge on any atom is 0.254 e. The van der Waals surface area contributed by atoms with Crippen molar-refractivity contribution in [3.8, 4) is 11.5 Å². The summed E-state index contributed by atoms with van der Waals surface area (Å²) in [4.78, 5) is 31.9. The summed E-state index contributed by atoms with van der Waals surface area (Å²) in [6, 6.07) is 18.6. The van der Waals surface area contributed by atoms with Crippen LogP contribution in [0.5, 0.6) is 11.5 Å². The van der Waals surface area contributed by atoms with E-state index in [0.717, 1.165) is 18.4 Å². The zero-order chi connectivity index (χ0) is 25.5. The number of hydrogen-bond donors (Lipinski definition) is 0. The maximum absolute atomic E-state index is 13.7. The topological polar surface area (TPSA) is 59.1 Å². The van der Waals surface area contributed by atoms with Gasteiger partial charge in [0.05, 0.1) is 13.2 Å². The van der Waals surface area contributed by atoms with E-state index in [-0.39, 0.29) is 24.4 Å². The number of carbonyl (C=O) groups excluding carboxylic acids is 2. The lowest BCUT2D eigenvalue weighted by Gasteiger charge is -2.37. The van der Waals surface area contributed by atoms with Crippen LogP contribution in [0.2, 0.25) is 0 Å². The highest BCUT2D eigenvalue weighted by molar-refractivity contribution is 7.10. The van der Waals surface area contributed by atoms with Crippen molar-refractivity contribution in [2.24, 2.45) is 5.92 Å². The Balaban J connectivity index is 1.54. The molecule has 0 saturated carbocycles. The molecular weight excluding hydrogens is 472 g/mol. The Labute approximate surface area is 217 Å². The monoisotopic (exact) mass is 506 g/mol. The van der Waals surface area contributed by atoms with Crippen LogP contribution in [0.25, 0.3) is 0 Å². The second-order valence-corrected chi connectivity index (χ2v) is 10.4. The molecule has 2 heterocycles. The molecule has 0 spiro atoms. The highest BCUT2D eigenvalue weighted by atomic mass is 32.1. The fourth-order valence-corrected chi connectivity index (χ4v) is 5.39. The molecule has 1 aliphatic rings. The van der Waals surface area contributed by atoms with Gasteiger partial charge in [-0.3, -0.25) is 9.59 Å². The molecular formula is C29H34N2O4S. The average molecular weight is 507 g/mol. The number of ether oxygens (including phenoxy) is 2. The Morgan fingerprint density at radius 2 is 1.78 bits per heavy atom. The molecule has 1 aromatic heterocycles. The van der Waals surface area contributed by atoms with Crippen LogP contribution in [0.15, 0.2) is 66.0 Å². The van der Waals surface area contributed by atoms with Crippen LogP contribution in [-0.2, 0) is 11.2 Å². The van der Waals surface area contributed by atoms with Crippen LogP contribution < -0.4 is 9.47 Å². The first-order chi connectivity index (χ1) is 17.5. The number of rotatable bonds is 10. The van der Waals surface area contributed by atoms with Crippen molar-refractivity contribution in [3.63, 3.8) is 0 Å². The second-order valence-electron chi connectivity index (χ2n) is 9.39. The molecule has 2 aromatic carbocycles. The van der Waals surface area contributed by atoms with Crippen LogP contribution in [-0.4, -0.2) is 55.0 Å². The fourth-order valence-electron chi connectivity index (χ4n) is 4.47. The van der Waals surface area contributed by atoms with Crippen molar-refractivity contribution in [1.82, 2.24) is 9.80 Å². The number of fused-ring (bicyclic) bond motifs is 1. The number of carbonyl (C=O) groups is 2. The van der Waals surface area contributed by atoms with Gasteiger partial charge in [0.25, 0.3) is 5.91 Å². The lowest BCUT2D eigenvalue weighted by atomic mass is 10.00. The molecule has 0 fully saturated rings. The predicted molar refractivity (Wildman–Crippen MR) is 143 cm³/mol. The molecule has 0 saturated heterocycles. The Morgan fingerprint density at radius 3 is 2.50 bits per heavy atom. The van der Waals surface area contributed by atoms with Crippen LogP contribution in [0, 0.1) is 5.92 Å². The molecule has 0 unspecified atom stereocenters. The van der Waals surface area contributed by atoms with E-state index in [1.807, 2.05) is 47.4 Å². The van der Waals surface area contributed by atoms with Crippen molar-refractivity contribution in [2.75, 3.05) is 33.4 Å². The molecule has 0 bridgehead atoms. The molecule has 0 aliphatic carbocycles. The number of benzene rings is 2. The standard InChI is InChI=1S/C29H34N2O4S/c1-21(2)13-16-30(29(33)22-9-5-4-6-10-22)19-28(32)31-17-14-27-23(15-18-36-27)24(31)20-35-26-12-8-7-11-25(26)34-3/h4-12,15,18,21,24H,13-14,16-17,19-20H2,1-3H3/t24-/m1/s1. The number of thiophene rings is 1. The van der Waals surface area contributed by atoms with Gasteiger partial charge in [-0.05, 0) is 60.0 Å². The zero-order valence-corrected chi connectivity index (χ0v) is 22.0. The summed E-state index contributed by atoms with van der Waals surface area (Å²) in [6.45, 7) is 5.75. The molecule has 36 heavy (non-hydrogen) atoms. The van der Waals surface area contributed by atoms with E-state index in [1.54, 1.807) is 35.5 Å². The van der Waals surface area contributed by atoms with Gasteiger partial charge in [0.1, 0.15) is 13.2 Å². The highest BCUT2D eigenvalue weighted by Crippen LogP contribution is 2.35. The lowest BCUT2D eigenvalue weighted by molar-refractivity contribution is -0.135. The minimum Gasteiger partial charge on any atom is -0.493 e. The summed E-state index contributed by atoms with van der Waals surface area (Å²) in [5.74, 6) is 1.56. The molecule has 0 N–H and O–H groups in total. The zero-order valence-electron chi connectivity index (χ0n) is 21.2. The average Bonchev–Trinajstić information content (AvgIpc) is 3.39. The van der Waals surface area contributed by atoms with Gasteiger partial charge in [0.15, 0.2) is 11.5 Å². The minimum absolute atomic E-state index is 0.0467. The van der Waals surface area contributed by atoms with Gasteiger partial charge in [0.2, 0.25) is 5.91 Å². The van der Waals surface area contributed by atoms with Crippen LogP contribution in [0.1, 0.15) is 47.1 Å². The van der Waals surface area contributed by atoms with E-state index in [0.29, 0.717) is 42.7 Å². The van der Waals surface area contributed by atoms with E-state index in [1.165, 1.54) is 4.88 Å². The summed E-state index contributed by atoms with van der Waals surface area (Å²) in [5, 5.41) is 2.07. The van der Waals surface area contributed by atoms with Gasteiger partial charge in [-0.1, -0.05) is 44.2 Å². The molecule has 2 amide bonds. The van der Waals surface area contributed by atoms with Crippen molar-refractivity contribution < 1.29 is 19.1 Å². The number of para-hydroxylation sites is 2. The second kappa shape index (κ2) is 12.1. The smallest absolute Gasteiger partial charge is 0.254 e. The summed E-state index contributed by atoms with van der Waals surface area (Å²) >= 11 is 1.72. The molecule has 3 aromatic rings. The van der Waals surface area contributed by atoms with E-state index >= 15 is 0 Å². The molecule has 0 radical (unpaired) electrons. The molecule has 6 nitrogen and oxygen atoms in total. The maximum atomic E-state index is 13.7. The third kappa shape index (κ3) is 6.08. The van der Waals surface area contributed by atoms with Gasteiger partial charge in [-0.2, -0.15) is 0 Å². The first-order valence-electron chi connectivity index (χ1n) is 12.4. The van der Waals surface area contributed by atoms with E-state index in [2.05, 4.69) is 25.3 Å². The van der Waals surface area contributed by atoms with Gasteiger partial charge < -0.3 is 19.3 Å². The highest BCUT2D eigenvalue weighted by Gasteiger charge is 2.33. The van der Waals surface area contributed by atoms with Crippen LogP contribution >= 0.6 is 11.3 Å². The summed E-state index contributed by atoms with van der Waals surface area (Å²) in [5.41, 5.74) is 1.72. The van der Waals surface area contributed by atoms with Gasteiger partial charge in [-0.25, -0.2) is 0 Å². The Hall–Kier alpha value is -3.32. The van der Waals surface area contributed by atoms with Gasteiger partial charge in [0, 0.05) is 23.5 Å². The van der Waals surface area contributed by atoms with Crippen LogP contribution in [0.3, 0.4) is 0 Å². The van der Waals surface area contributed by atoms with E-state index in [4.69, 9.17) is 9.47 Å². The number of nitrogens with zero attached hydrogens (tertiary/aromatic N) is 2. The van der Waals surface area contributed by atoms with Crippen LogP contribution in [0.4, 0.5) is 0 Å². The Bertz CT molecular complexity index is 1160. The van der Waals surface area contributed by atoms with Gasteiger partial charge in [-0.15, -0.1) is 11.3 Å². The number of hydrogen-bond acceptors (Lipinski definition) is 5. The van der Waals surface area contributed by atoms with Crippen molar-refractivity contribution in [3.05, 3.63) is 82.0 Å². The molecule has 1 atom stereocenters. The fraction of sp³-hybridized carbons (Fsp3) is 0.379. The van der Waals surface area contributed by atoms with Crippen molar-refractivity contribution >= 4 is 23.2 Å². The SMILES string of the molecule is COc1ccccc1OC[C@@H]1c2ccsc2CCN1C(=O)CN(CCC(C)C)C(=O)c1ccccc1. The summed E-state index contributed by atoms with van der Waals surface area (Å²) in [7, 11) is 1.62. The van der Waals surface area contributed by atoms with E-state index in [9.17, 15) is 9.59 Å².